The number of thioether (sulfide) groups is 1. The third-order valence-corrected chi connectivity index (χ3v) is 18.6. The predicted molar refractivity (Wildman–Crippen MR) is 346 cm³/mol. The molecule has 2 unspecified atom stereocenters. The SMILES string of the molecule is Cc1ccc(CCCC(=O)NCCCCCC(CSC2CC(=O)N(CC(=O)N3CCN(CCCCOc4ccc5nccc(C(=O)NCC(=O)N6CC(F)(F)C[C@@H]6C#N)c5c4)CC3)C2=O)NC(=O)CN2CCN(CC(=O)O)CCN(CC(=O)O)CCN(CC(=O)O)CC2)cc1. The van der Waals surface area contributed by atoms with Crippen molar-refractivity contribution in [2.45, 2.75) is 101 Å². The minimum Gasteiger partial charge on any atom is -0.494 e. The van der Waals surface area contributed by atoms with E-state index < -0.39 is 90.8 Å². The topological polar surface area (TPSA) is 339 Å². The second-order valence-electron chi connectivity index (χ2n) is 24.7. The number of carboxylic acids is 3. The van der Waals surface area contributed by atoms with Crippen molar-refractivity contribution in [3.63, 3.8) is 0 Å². The molecule has 4 saturated heterocycles. The average molecular weight is 1350 g/mol. The number of nitriles is 1. The van der Waals surface area contributed by atoms with E-state index in [4.69, 9.17) is 4.74 Å². The number of nitrogens with zero attached hydrogens (tertiary/aromatic N) is 10. The highest BCUT2D eigenvalue weighted by Crippen LogP contribution is 2.32. The van der Waals surface area contributed by atoms with Gasteiger partial charge < -0.3 is 45.8 Å². The van der Waals surface area contributed by atoms with Crippen molar-refractivity contribution < 1.29 is 76.8 Å². The van der Waals surface area contributed by atoms with E-state index in [1.54, 1.807) is 43.9 Å². The van der Waals surface area contributed by atoms with Crippen LogP contribution in [-0.2, 0) is 49.6 Å². The number of rotatable bonds is 33. The van der Waals surface area contributed by atoms with Gasteiger partial charge in [0.1, 0.15) is 18.3 Å². The van der Waals surface area contributed by atoms with Gasteiger partial charge in [-0.3, -0.25) is 82.3 Å². The number of amides is 7. The third-order valence-electron chi connectivity index (χ3n) is 17.2. The van der Waals surface area contributed by atoms with Crippen LogP contribution in [-0.4, -0.2) is 292 Å². The van der Waals surface area contributed by atoms with E-state index in [0.29, 0.717) is 101 Å². The maximum atomic E-state index is 14.1. The first-order valence-electron chi connectivity index (χ1n) is 32.5. The number of nitrogens with one attached hydrogen (secondary N) is 3. The molecule has 30 heteroatoms. The Morgan fingerprint density at radius 1 is 0.716 bits per heavy atom. The lowest BCUT2D eigenvalue weighted by Gasteiger charge is -2.35. The van der Waals surface area contributed by atoms with E-state index >= 15 is 0 Å². The Bertz CT molecular complexity index is 3160. The summed E-state index contributed by atoms with van der Waals surface area (Å²) in [7, 11) is 0. The van der Waals surface area contributed by atoms with Gasteiger partial charge in [0.2, 0.25) is 35.4 Å². The molecule has 0 radical (unpaired) electrons. The number of aromatic nitrogens is 1. The normalized spacial score (nSPS) is 19.2. The van der Waals surface area contributed by atoms with Crippen molar-refractivity contribution in [2.75, 3.05) is 150 Å². The van der Waals surface area contributed by atoms with Crippen molar-refractivity contribution in [1.82, 2.24) is 60.1 Å². The number of pyridine rings is 1. The largest absolute Gasteiger partial charge is 0.494 e. The molecule has 6 N–H and O–H groups in total. The number of imide groups is 1. The molecule has 4 fully saturated rings. The summed E-state index contributed by atoms with van der Waals surface area (Å²) in [5.74, 6) is -8.80. The molecule has 0 aliphatic carbocycles. The number of aliphatic carboxylic acids is 3. The van der Waals surface area contributed by atoms with E-state index in [1.165, 1.54) is 35.2 Å². The second-order valence-corrected chi connectivity index (χ2v) is 25.9. The number of carboxylic acid groups (broad SMARTS) is 3. The van der Waals surface area contributed by atoms with Crippen LogP contribution < -0.4 is 20.7 Å². The smallest absolute Gasteiger partial charge is 0.317 e. The van der Waals surface area contributed by atoms with E-state index in [2.05, 4.69) is 38.0 Å². The molecule has 0 bridgehead atoms. The van der Waals surface area contributed by atoms with Crippen molar-refractivity contribution in [3.05, 3.63) is 71.4 Å². The van der Waals surface area contributed by atoms with Gasteiger partial charge in [0, 0.05) is 128 Å². The summed E-state index contributed by atoms with van der Waals surface area (Å²) in [6, 6.07) is 14.7. The van der Waals surface area contributed by atoms with Gasteiger partial charge in [-0.2, -0.15) is 5.26 Å². The standard InChI is InChI=1S/C65H89F2N13O14S/c1-46-11-13-47(14-12-46)8-7-10-55(81)70-18-4-2-3-9-48(72-56(82)39-74-21-23-75(41-60(86)87)25-27-77(43-62(90)91)28-26-76(24-22-74)42-61(88)89)44-95-54-35-57(83)79(64(54)93)40-59(85)78-31-29-73(30-32-78)20-5-6-33-94-50-15-16-53-52(34-50)51(17-19-69-53)63(92)71-38-58(84)80-45-65(66,67)36-49(80)37-68/h11-17,19,34,48-49,54H,2-10,18,20-33,35-36,38-45H2,1H3,(H,70,81)(H,71,92)(H,72,82)(H,86,87)(H,88,89)(H,90,91)/t48?,49-,54?/m1/s1. The molecular formula is C65H89F2N13O14S. The van der Waals surface area contributed by atoms with Crippen molar-refractivity contribution >= 4 is 81.9 Å². The number of ether oxygens (including phenoxy) is 1. The molecule has 95 heavy (non-hydrogen) atoms. The van der Waals surface area contributed by atoms with Crippen LogP contribution >= 0.6 is 11.8 Å². The zero-order valence-electron chi connectivity index (χ0n) is 53.9. The maximum absolute atomic E-state index is 14.1. The monoisotopic (exact) mass is 1350 g/mol. The van der Waals surface area contributed by atoms with Crippen LogP contribution in [0.3, 0.4) is 0 Å². The van der Waals surface area contributed by atoms with E-state index in [9.17, 15) is 77.3 Å². The van der Waals surface area contributed by atoms with Crippen LogP contribution in [0.15, 0.2) is 54.7 Å². The van der Waals surface area contributed by atoms with Crippen LogP contribution in [0.4, 0.5) is 8.78 Å². The van der Waals surface area contributed by atoms with E-state index in [1.807, 2.05) is 24.0 Å². The molecule has 5 heterocycles. The highest BCUT2D eigenvalue weighted by molar-refractivity contribution is 8.00. The molecule has 518 valence electrons. The molecule has 4 aliphatic heterocycles. The Hall–Kier alpha value is -7.95. The number of hydrogen-bond acceptors (Lipinski definition) is 19. The minimum atomic E-state index is -3.19. The number of hydrogen-bond donors (Lipinski definition) is 6. The predicted octanol–water partition coefficient (Wildman–Crippen LogP) is 1.86. The average Bonchev–Trinajstić information content (AvgIpc) is 1.81. The van der Waals surface area contributed by atoms with Gasteiger partial charge in [0.15, 0.2) is 0 Å². The molecule has 0 saturated carbocycles. The van der Waals surface area contributed by atoms with Gasteiger partial charge in [0.25, 0.3) is 11.8 Å². The van der Waals surface area contributed by atoms with Gasteiger partial charge in [-0.25, -0.2) is 8.78 Å². The van der Waals surface area contributed by atoms with Gasteiger partial charge in [-0.1, -0.05) is 42.7 Å². The molecule has 1 aromatic heterocycles. The Labute approximate surface area is 555 Å². The Kier molecular flexibility index (Phi) is 29.3. The first-order valence-corrected chi connectivity index (χ1v) is 33.5. The zero-order chi connectivity index (χ0) is 68.4. The molecule has 2 aromatic carbocycles. The van der Waals surface area contributed by atoms with Crippen LogP contribution in [0.1, 0.15) is 85.7 Å². The summed E-state index contributed by atoms with van der Waals surface area (Å²) in [6.45, 7) is 4.34. The number of halogens is 2. The highest BCUT2D eigenvalue weighted by atomic mass is 32.2. The lowest BCUT2D eigenvalue weighted by atomic mass is 10.1. The molecule has 3 atom stereocenters. The molecule has 27 nitrogen and oxygen atoms in total. The number of likely N-dealkylation sites (tertiary alicyclic amines) is 2. The van der Waals surface area contributed by atoms with Crippen LogP contribution in [0.5, 0.6) is 5.75 Å². The molecule has 0 spiro atoms. The van der Waals surface area contributed by atoms with Gasteiger partial charge in [-0.15, -0.1) is 11.8 Å². The second kappa shape index (κ2) is 37.4. The number of aryl methyl sites for hydroxylation is 2. The van der Waals surface area contributed by atoms with Crippen molar-refractivity contribution in [3.8, 4) is 11.8 Å². The molecule has 4 aliphatic rings. The summed E-state index contributed by atoms with van der Waals surface area (Å²) in [4.78, 5) is 146. The lowest BCUT2D eigenvalue weighted by Crippen LogP contribution is -2.52. The summed E-state index contributed by atoms with van der Waals surface area (Å²) in [5, 5.41) is 46.5. The fourth-order valence-electron chi connectivity index (χ4n) is 11.9. The van der Waals surface area contributed by atoms with Crippen molar-refractivity contribution in [2.24, 2.45) is 0 Å². The summed E-state index contributed by atoms with van der Waals surface area (Å²) in [5.41, 5.74) is 3.03. The van der Waals surface area contributed by atoms with Crippen molar-refractivity contribution in [1.29, 1.82) is 5.26 Å². The van der Waals surface area contributed by atoms with Gasteiger partial charge in [-0.05, 0) is 81.8 Å². The zero-order valence-corrected chi connectivity index (χ0v) is 54.8. The van der Waals surface area contributed by atoms with Gasteiger partial charge in [0.05, 0.1) is 68.3 Å². The number of carbonyl (C=O) groups excluding carboxylic acids is 7. The lowest BCUT2D eigenvalue weighted by molar-refractivity contribution is -0.146. The number of alkyl halides is 2. The summed E-state index contributed by atoms with van der Waals surface area (Å²) < 4.78 is 33.9. The molecular weight excluding hydrogens is 1260 g/mol. The first kappa shape index (κ1) is 74.4. The summed E-state index contributed by atoms with van der Waals surface area (Å²) in [6.07, 6.45) is 6.45. The van der Waals surface area contributed by atoms with E-state index in [0.717, 1.165) is 29.1 Å². The third kappa shape index (κ3) is 25.0. The first-order chi connectivity index (χ1) is 45.5. The Balaban J connectivity index is 0.863. The summed E-state index contributed by atoms with van der Waals surface area (Å²) >= 11 is 1.23. The molecule has 3 aromatic rings. The number of carbonyl (C=O) groups is 10. The maximum Gasteiger partial charge on any atom is 0.317 e. The fourth-order valence-corrected chi connectivity index (χ4v) is 13.1. The number of unbranched alkanes of at least 4 members (excludes halogenated alkanes) is 3. The number of benzene rings is 2. The van der Waals surface area contributed by atoms with Crippen LogP contribution in [0, 0.1) is 18.3 Å². The minimum absolute atomic E-state index is 0.0315. The number of fused-ring (bicyclic) bond motifs is 1. The fraction of sp³-hybridized carbons (Fsp3) is 0.600. The quantitative estimate of drug-likeness (QED) is 0.0374. The Morgan fingerprint density at radius 2 is 1.34 bits per heavy atom. The number of piperazine rings is 1. The van der Waals surface area contributed by atoms with Crippen LogP contribution in [0.25, 0.3) is 10.9 Å². The van der Waals surface area contributed by atoms with E-state index in [-0.39, 0.29) is 114 Å². The van der Waals surface area contributed by atoms with Crippen LogP contribution in [0.2, 0.25) is 0 Å². The Morgan fingerprint density at radius 3 is 1.96 bits per heavy atom. The molecule has 7 amide bonds. The molecule has 7 rings (SSSR count). The van der Waals surface area contributed by atoms with Gasteiger partial charge >= 0.3 is 17.9 Å². The highest BCUT2D eigenvalue weighted by Gasteiger charge is 2.47.